The van der Waals surface area contributed by atoms with E-state index < -0.39 is 0 Å². The van der Waals surface area contributed by atoms with Crippen molar-refractivity contribution >= 4 is 0 Å². The average Bonchev–Trinajstić information content (AvgIpc) is 2.53. The van der Waals surface area contributed by atoms with Gasteiger partial charge in [0.05, 0.1) is 7.11 Å². The van der Waals surface area contributed by atoms with Crippen molar-refractivity contribution in [2.24, 2.45) is 0 Å². The molecule has 0 unspecified atom stereocenters. The Kier molecular flexibility index (Phi) is 4.31. The third kappa shape index (κ3) is 3.01. The fraction of sp³-hybridized carbons (Fsp3) is 0.625. The minimum Gasteiger partial charge on any atom is -0.493 e. The Labute approximate surface area is 120 Å². The van der Waals surface area contributed by atoms with E-state index in [1.807, 2.05) is 6.07 Å². The molecule has 0 atom stereocenters. The summed E-state index contributed by atoms with van der Waals surface area (Å²) in [5.41, 5.74) is 1.19. The maximum Gasteiger partial charge on any atom is 0.203 e. The summed E-state index contributed by atoms with van der Waals surface area (Å²) >= 11 is 0. The van der Waals surface area contributed by atoms with Crippen LogP contribution in [-0.2, 0) is 6.54 Å². The van der Waals surface area contributed by atoms with Gasteiger partial charge >= 0.3 is 0 Å². The Morgan fingerprint density at radius 3 is 2.75 bits per heavy atom. The van der Waals surface area contributed by atoms with E-state index in [0.717, 1.165) is 23.8 Å². The summed E-state index contributed by atoms with van der Waals surface area (Å²) in [6.45, 7) is 2.05. The van der Waals surface area contributed by atoms with Gasteiger partial charge in [0.1, 0.15) is 13.2 Å². The number of methoxy groups -OCH3 is 1. The van der Waals surface area contributed by atoms with Gasteiger partial charge in [-0.25, -0.2) is 0 Å². The van der Waals surface area contributed by atoms with Crippen molar-refractivity contribution in [3.8, 4) is 17.2 Å². The van der Waals surface area contributed by atoms with E-state index in [9.17, 15) is 0 Å². The van der Waals surface area contributed by atoms with Gasteiger partial charge in [0, 0.05) is 12.6 Å². The molecule has 0 saturated heterocycles. The first-order valence-electron chi connectivity index (χ1n) is 7.56. The molecule has 1 aromatic rings. The average molecular weight is 277 g/mol. The molecule has 2 aliphatic rings. The molecule has 0 spiro atoms. The molecule has 0 radical (unpaired) electrons. The minimum absolute atomic E-state index is 0.586. The molecule has 3 rings (SSSR count). The highest BCUT2D eigenvalue weighted by molar-refractivity contribution is 5.54. The molecule has 0 aromatic heterocycles. The highest BCUT2D eigenvalue weighted by Crippen LogP contribution is 2.40. The normalized spacial score (nSPS) is 18.9. The molecule has 0 amide bonds. The predicted molar refractivity (Wildman–Crippen MR) is 77.7 cm³/mol. The Morgan fingerprint density at radius 1 is 1.15 bits per heavy atom. The lowest BCUT2D eigenvalue weighted by molar-refractivity contribution is 0.165. The van der Waals surface area contributed by atoms with Gasteiger partial charge in [0.15, 0.2) is 11.5 Å². The molecular weight excluding hydrogens is 254 g/mol. The van der Waals surface area contributed by atoms with Crippen molar-refractivity contribution in [3.05, 3.63) is 17.7 Å². The highest BCUT2D eigenvalue weighted by Gasteiger charge is 2.19. The molecule has 1 fully saturated rings. The van der Waals surface area contributed by atoms with Gasteiger partial charge in [0.25, 0.3) is 0 Å². The smallest absolute Gasteiger partial charge is 0.203 e. The van der Waals surface area contributed by atoms with Gasteiger partial charge in [-0.05, 0) is 30.5 Å². The van der Waals surface area contributed by atoms with Crippen LogP contribution in [0.3, 0.4) is 0 Å². The zero-order chi connectivity index (χ0) is 13.8. The summed E-state index contributed by atoms with van der Waals surface area (Å²) in [4.78, 5) is 0. The van der Waals surface area contributed by atoms with Gasteiger partial charge < -0.3 is 19.5 Å². The third-order valence-corrected chi connectivity index (χ3v) is 4.09. The van der Waals surface area contributed by atoms with Crippen LogP contribution in [0, 0.1) is 0 Å². The second-order valence-electron chi connectivity index (χ2n) is 5.54. The molecule has 1 heterocycles. The summed E-state index contributed by atoms with van der Waals surface area (Å²) in [6, 6.07) is 4.76. The molecule has 1 aliphatic heterocycles. The molecule has 1 saturated carbocycles. The first-order chi connectivity index (χ1) is 9.86. The summed E-state index contributed by atoms with van der Waals surface area (Å²) in [5, 5.41) is 3.64. The maximum absolute atomic E-state index is 5.67. The lowest BCUT2D eigenvalue weighted by atomic mass is 9.95. The number of hydrogen-bond donors (Lipinski definition) is 1. The van der Waals surface area contributed by atoms with Gasteiger partial charge in [-0.15, -0.1) is 0 Å². The molecule has 1 aromatic carbocycles. The largest absolute Gasteiger partial charge is 0.493 e. The van der Waals surface area contributed by atoms with E-state index in [4.69, 9.17) is 14.2 Å². The van der Waals surface area contributed by atoms with Crippen molar-refractivity contribution in [2.75, 3.05) is 20.3 Å². The zero-order valence-electron chi connectivity index (χ0n) is 12.1. The van der Waals surface area contributed by atoms with Crippen LogP contribution in [0.2, 0.25) is 0 Å². The summed E-state index contributed by atoms with van der Waals surface area (Å²) in [6.07, 6.45) is 6.67. The van der Waals surface area contributed by atoms with Gasteiger partial charge in [-0.2, -0.15) is 0 Å². The van der Waals surface area contributed by atoms with E-state index in [2.05, 4.69) is 11.4 Å². The Morgan fingerprint density at radius 2 is 1.95 bits per heavy atom. The lowest BCUT2D eigenvalue weighted by Gasteiger charge is -2.24. The number of ether oxygens (including phenoxy) is 3. The standard InChI is InChI=1S/C16H23NO3/c1-18-14-9-12(10-15-16(14)20-8-7-19-15)11-17-13-5-3-2-4-6-13/h9-10,13,17H,2-8,11H2,1H3. The van der Waals surface area contributed by atoms with Gasteiger partial charge in [0.2, 0.25) is 5.75 Å². The quantitative estimate of drug-likeness (QED) is 0.918. The number of benzene rings is 1. The lowest BCUT2D eigenvalue weighted by Crippen LogP contribution is -2.30. The van der Waals surface area contributed by atoms with E-state index in [1.165, 1.54) is 37.7 Å². The van der Waals surface area contributed by atoms with Crippen LogP contribution >= 0.6 is 0 Å². The van der Waals surface area contributed by atoms with Crippen LogP contribution in [0.4, 0.5) is 0 Å². The molecular formula is C16H23NO3. The highest BCUT2D eigenvalue weighted by atomic mass is 16.6. The maximum atomic E-state index is 5.67. The Bertz CT molecular complexity index is 438. The van der Waals surface area contributed by atoms with E-state index in [1.54, 1.807) is 7.11 Å². The van der Waals surface area contributed by atoms with Crippen LogP contribution in [0.1, 0.15) is 37.7 Å². The van der Waals surface area contributed by atoms with Gasteiger partial charge in [-0.1, -0.05) is 19.3 Å². The molecule has 4 heteroatoms. The summed E-state index contributed by atoms with van der Waals surface area (Å²) in [7, 11) is 1.67. The molecule has 1 N–H and O–H groups in total. The van der Waals surface area contributed by atoms with E-state index in [0.29, 0.717) is 19.3 Å². The SMILES string of the molecule is COc1cc(CNC2CCCCC2)cc2c1OCCO2. The molecule has 20 heavy (non-hydrogen) atoms. The first kappa shape index (κ1) is 13.6. The monoisotopic (exact) mass is 277 g/mol. The minimum atomic E-state index is 0.586. The predicted octanol–water partition coefficient (Wildman–Crippen LogP) is 2.89. The second-order valence-corrected chi connectivity index (χ2v) is 5.54. The molecule has 0 bridgehead atoms. The van der Waals surface area contributed by atoms with E-state index >= 15 is 0 Å². The number of hydrogen-bond acceptors (Lipinski definition) is 4. The Balaban J connectivity index is 1.69. The molecule has 1 aliphatic carbocycles. The third-order valence-electron chi connectivity index (χ3n) is 4.09. The van der Waals surface area contributed by atoms with Crippen molar-refractivity contribution in [3.63, 3.8) is 0 Å². The fourth-order valence-corrected chi connectivity index (χ4v) is 3.00. The molecule has 4 nitrogen and oxygen atoms in total. The van der Waals surface area contributed by atoms with Crippen LogP contribution in [0.15, 0.2) is 12.1 Å². The van der Waals surface area contributed by atoms with E-state index in [-0.39, 0.29) is 0 Å². The van der Waals surface area contributed by atoms with Crippen molar-refractivity contribution < 1.29 is 14.2 Å². The number of fused-ring (bicyclic) bond motifs is 1. The first-order valence-corrected chi connectivity index (χ1v) is 7.56. The number of rotatable bonds is 4. The van der Waals surface area contributed by atoms with Crippen molar-refractivity contribution in [1.29, 1.82) is 0 Å². The van der Waals surface area contributed by atoms with Crippen LogP contribution in [0.25, 0.3) is 0 Å². The Hall–Kier alpha value is -1.42. The topological polar surface area (TPSA) is 39.7 Å². The fourth-order valence-electron chi connectivity index (χ4n) is 3.00. The molecule has 110 valence electrons. The van der Waals surface area contributed by atoms with Crippen molar-refractivity contribution in [2.45, 2.75) is 44.7 Å². The zero-order valence-corrected chi connectivity index (χ0v) is 12.1. The van der Waals surface area contributed by atoms with Crippen LogP contribution in [0.5, 0.6) is 17.2 Å². The second kappa shape index (κ2) is 6.35. The summed E-state index contributed by atoms with van der Waals surface area (Å²) in [5.74, 6) is 2.30. The van der Waals surface area contributed by atoms with Crippen LogP contribution < -0.4 is 19.5 Å². The summed E-state index contributed by atoms with van der Waals surface area (Å²) < 4.78 is 16.7. The van der Waals surface area contributed by atoms with Crippen LogP contribution in [-0.4, -0.2) is 26.4 Å². The number of nitrogens with one attached hydrogen (secondary N) is 1. The van der Waals surface area contributed by atoms with Crippen molar-refractivity contribution in [1.82, 2.24) is 5.32 Å². The van der Waals surface area contributed by atoms with Gasteiger partial charge in [-0.3, -0.25) is 0 Å².